The van der Waals surface area contributed by atoms with Gasteiger partial charge in [-0.1, -0.05) is 72.3 Å². The molecule has 0 aliphatic rings. The molecular formula is C25H22ClPS. The molecule has 28 heavy (non-hydrogen) atoms. The van der Waals surface area contributed by atoms with Crippen molar-refractivity contribution in [2.45, 2.75) is 11.8 Å². The first kappa shape index (κ1) is 20.7. The smallest absolute Gasteiger partial charge is 0.176 e. The summed E-state index contributed by atoms with van der Waals surface area (Å²) in [6.07, 6.45) is 0. The third-order valence-electron chi connectivity index (χ3n) is 4.62. The summed E-state index contributed by atoms with van der Waals surface area (Å²) in [5.74, 6) is 0. The first-order valence-corrected chi connectivity index (χ1v) is 12.3. The Balaban J connectivity index is 0.00000225. The highest BCUT2D eigenvalue weighted by Crippen LogP contribution is 2.69. The molecule has 4 rings (SSSR count). The number of hydrogen-bond donors (Lipinski definition) is 0. The number of aryl methyl sites for hydroxylation is 1. The highest BCUT2D eigenvalue weighted by molar-refractivity contribution is 8.69. The highest BCUT2D eigenvalue weighted by atomic mass is 35.5. The minimum atomic E-state index is -1.87. The molecule has 3 heteroatoms. The van der Waals surface area contributed by atoms with Crippen LogP contribution in [0.15, 0.2) is 120 Å². The van der Waals surface area contributed by atoms with Gasteiger partial charge in [0.05, 0.1) is 11.4 Å². The van der Waals surface area contributed by atoms with Gasteiger partial charge in [-0.25, -0.2) is 0 Å². The molecule has 0 heterocycles. The fourth-order valence-corrected chi connectivity index (χ4v) is 10.2. The molecule has 0 saturated carbocycles. The minimum absolute atomic E-state index is 0. The quantitative estimate of drug-likeness (QED) is 0.447. The SMILES string of the molecule is Cc1ccc(S[P+](c2ccccc2)(c2ccccc2)c2ccccc2)cc1.[Cl-]. The Kier molecular flexibility index (Phi) is 6.97. The van der Waals surface area contributed by atoms with Crippen LogP contribution in [-0.4, -0.2) is 0 Å². The van der Waals surface area contributed by atoms with Crippen LogP contribution >= 0.6 is 17.8 Å². The van der Waals surface area contributed by atoms with E-state index in [0.717, 1.165) is 0 Å². The van der Waals surface area contributed by atoms with Crippen LogP contribution in [0.2, 0.25) is 0 Å². The zero-order valence-electron chi connectivity index (χ0n) is 15.7. The van der Waals surface area contributed by atoms with E-state index in [9.17, 15) is 0 Å². The Labute approximate surface area is 178 Å². The maximum Gasteiger partial charge on any atom is 0.176 e. The summed E-state index contributed by atoms with van der Waals surface area (Å²) in [7, 11) is 0. The van der Waals surface area contributed by atoms with Crippen molar-refractivity contribution in [3.63, 3.8) is 0 Å². The summed E-state index contributed by atoms with van der Waals surface area (Å²) in [5.41, 5.74) is 1.29. The number of benzene rings is 4. The molecule has 0 aromatic heterocycles. The summed E-state index contributed by atoms with van der Waals surface area (Å²) in [6, 6.07) is 41.9. The van der Waals surface area contributed by atoms with Crippen molar-refractivity contribution in [3.8, 4) is 0 Å². The van der Waals surface area contributed by atoms with Gasteiger partial charge < -0.3 is 12.4 Å². The monoisotopic (exact) mass is 420 g/mol. The minimum Gasteiger partial charge on any atom is -1.00 e. The Morgan fingerprint density at radius 3 is 1.21 bits per heavy atom. The molecule has 0 amide bonds. The third-order valence-corrected chi connectivity index (χ3v) is 11.8. The van der Waals surface area contributed by atoms with E-state index in [4.69, 9.17) is 0 Å². The first-order valence-electron chi connectivity index (χ1n) is 9.11. The second-order valence-corrected chi connectivity index (χ2v) is 12.1. The second-order valence-electron chi connectivity index (χ2n) is 6.52. The van der Waals surface area contributed by atoms with E-state index in [0.29, 0.717) is 0 Å². The molecule has 0 N–H and O–H groups in total. The molecule has 0 radical (unpaired) electrons. The van der Waals surface area contributed by atoms with Gasteiger partial charge in [0.25, 0.3) is 0 Å². The van der Waals surface area contributed by atoms with Gasteiger partial charge >= 0.3 is 0 Å². The zero-order chi connectivity index (χ0) is 18.5. The number of hydrogen-bond acceptors (Lipinski definition) is 1. The van der Waals surface area contributed by atoms with Gasteiger partial charge in [0.2, 0.25) is 0 Å². The molecule has 0 unspecified atom stereocenters. The van der Waals surface area contributed by atoms with E-state index in [1.54, 1.807) is 0 Å². The van der Waals surface area contributed by atoms with Gasteiger partial charge in [-0.2, -0.15) is 0 Å². The Hall–Kier alpha value is -2.05. The predicted octanol–water partition coefficient (Wildman–Crippen LogP) is 3.00. The molecule has 0 spiro atoms. The lowest BCUT2D eigenvalue weighted by Gasteiger charge is -2.25. The standard InChI is InChI=1S/C25H22PS.ClH/c1-21-17-19-25(20-18-21)27-26(22-11-5-2-6-12-22,23-13-7-3-8-14-23)24-15-9-4-10-16-24;/h2-20H,1H3;1H/q+1;/p-1. The summed E-state index contributed by atoms with van der Waals surface area (Å²) < 4.78 is 0. The first-order chi connectivity index (χ1) is 13.3. The Morgan fingerprint density at radius 2 is 0.857 bits per heavy atom. The largest absolute Gasteiger partial charge is 1.00 e. The second kappa shape index (κ2) is 9.43. The summed E-state index contributed by atoms with van der Waals surface area (Å²) in [6.45, 7) is 0.268. The molecule has 0 aliphatic heterocycles. The molecule has 140 valence electrons. The van der Waals surface area contributed by atoms with Crippen molar-refractivity contribution in [2.24, 2.45) is 0 Å². The van der Waals surface area contributed by atoms with Crippen LogP contribution in [-0.2, 0) is 0 Å². The van der Waals surface area contributed by atoms with Gasteiger partial charge in [0.1, 0.15) is 15.9 Å². The maximum absolute atomic E-state index is 2.29. The van der Waals surface area contributed by atoms with Crippen molar-refractivity contribution in [2.75, 3.05) is 0 Å². The lowest BCUT2D eigenvalue weighted by Crippen LogP contribution is -3.00. The average molecular weight is 421 g/mol. The van der Waals surface area contributed by atoms with Crippen molar-refractivity contribution < 1.29 is 12.4 Å². The molecule has 4 aromatic rings. The lowest BCUT2D eigenvalue weighted by atomic mass is 10.2. The topological polar surface area (TPSA) is 0 Å². The van der Waals surface area contributed by atoms with Crippen LogP contribution in [0.1, 0.15) is 5.56 Å². The van der Waals surface area contributed by atoms with Gasteiger partial charge in [-0.15, -0.1) is 0 Å². The van der Waals surface area contributed by atoms with Gasteiger partial charge in [-0.05, 0) is 55.5 Å². The number of halogens is 1. The third kappa shape index (κ3) is 4.18. The fraction of sp³-hybridized carbons (Fsp3) is 0.0400. The summed E-state index contributed by atoms with van der Waals surface area (Å²) in [4.78, 5) is 1.31. The van der Waals surface area contributed by atoms with E-state index in [2.05, 4.69) is 122 Å². The molecule has 0 aliphatic carbocycles. The number of rotatable bonds is 5. The van der Waals surface area contributed by atoms with Gasteiger partial charge in [0, 0.05) is 4.90 Å². The molecule has 0 saturated heterocycles. The molecular weight excluding hydrogens is 399 g/mol. The van der Waals surface area contributed by atoms with Crippen LogP contribution in [0.25, 0.3) is 0 Å². The normalized spacial score (nSPS) is 10.9. The molecule has 0 nitrogen and oxygen atoms in total. The van der Waals surface area contributed by atoms with Crippen molar-refractivity contribution in [1.29, 1.82) is 0 Å². The van der Waals surface area contributed by atoms with Crippen LogP contribution in [0, 0.1) is 6.92 Å². The van der Waals surface area contributed by atoms with E-state index in [1.807, 2.05) is 11.4 Å². The Bertz CT molecular complexity index is 890. The van der Waals surface area contributed by atoms with Gasteiger partial charge in [0.15, 0.2) is 6.46 Å². The van der Waals surface area contributed by atoms with Crippen molar-refractivity contribution >= 4 is 33.8 Å². The predicted molar refractivity (Wildman–Crippen MR) is 122 cm³/mol. The zero-order valence-corrected chi connectivity index (χ0v) is 18.2. The van der Waals surface area contributed by atoms with Crippen LogP contribution < -0.4 is 28.3 Å². The highest BCUT2D eigenvalue weighted by Gasteiger charge is 2.47. The van der Waals surface area contributed by atoms with Crippen molar-refractivity contribution in [3.05, 3.63) is 121 Å². The van der Waals surface area contributed by atoms with Crippen LogP contribution in [0.4, 0.5) is 0 Å². The molecule has 0 bridgehead atoms. The van der Waals surface area contributed by atoms with Crippen molar-refractivity contribution in [1.82, 2.24) is 0 Å². The lowest BCUT2D eigenvalue weighted by molar-refractivity contribution is -0.00000517. The average Bonchev–Trinajstić information content (AvgIpc) is 2.75. The Morgan fingerprint density at radius 1 is 0.500 bits per heavy atom. The summed E-state index contributed by atoms with van der Waals surface area (Å²) >= 11 is 2.02. The van der Waals surface area contributed by atoms with E-state index < -0.39 is 6.46 Å². The maximum atomic E-state index is 2.29. The van der Waals surface area contributed by atoms with E-state index in [-0.39, 0.29) is 12.4 Å². The van der Waals surface area contributed by atoms with E-state index >= 15 is 0 Å². The van der Waals surface area contributed by atoms with Gasteiger partial charge in [-0.3, -0.25) is 0 Å². The van der Waals surface area contributed by atoms with Crippen LogP contribution in [0.3, 0.4) is 0 Å². The molecule has 0 atom stereocenters. The molecule has 0 fully saturated rings. The van der Waals surface area contributed by atoms with Crippen LogP contribution in [0.5, 0.6) is 0 Å². The van der Waals surface area contributed by atoms with E-state index in [1.165, 1.54) is 26.4 Å². The molecule has 4 aromatic carbocycles. The summed E-state index contributed by atoms with van der Waals surface area (Å²) in [5, 5.41) is 4.19. The fourth-order valence-electron chi connectivity index (χ4n) is 3.28.